The van der Waals surface area contributed by atoms with Crippen molar-refractivity contribution in [2.45, 2.75) is 12.8 Å². The fourth-order valence-electron chi connectivity index (χ4n) is 1.04. The summed E-state index contributed by atoms with van der Waals surface area (Å²) in [6.07, 6.45) is -2.65. The standard InChI is InChI=1S/C9H7BrF2N2O/c1-15-9-7(10)5(2-3-13)4-6(14-9)8(11)12/h4,8H,2H2,1H3. The summed E-state index contributed by atoms with van der Waals surface area (Å²) in [4.78, 5) is 3.60. The summed E-state index contributed by atoms with van der Waals surface area (Å²) in [7, 11) is 1.33. The number of nitriles is 1. The van der Waals surface area contributed by atoms with Crippen LogP contribution in [0.1, 0.15) is 17.7 Å². The maximum absolute atomic E-state index is 12.4. The summed E-state index contributed by atoms with van der Waals surface area (Å²) >= 11 is 3.14. The molecule has 0 aliphatic heterocycles. The van der Waals surface area contributed by atoms with E-state index in [9.17, 15) is 8.78 Å². The molecule has 0 bridgehead atoms. The molecule has 0 atom stereocenters. The van der Waals surface area contributed by atoms with E-state index in [-0.39, 0.29) is 18.0 Å². The number of alkyl halides is 2. The molecular formula is C9H7BrF2N2O. The Labute approximate surface area is 93.8 Å². The highest BCUT2D eigenvalue weighted by Crippen LogP contribution is 2.30. The zero-order valence-electron chi connectivity index (χ0n) is 7.80. The number of halogens is 3. The zero-order valence-corrected chi connectivity index (χ0v) is 9.38. The van der Waals surface area contributed by atoms with E-state index in [1.807, 2.05) is 6.07 Å². The smallest absolute Gasteiger partial charge is 0.280 e. The molecule has 6 heteroatoms. The topological polar surface area (TPSA) is 45.9 Å². The molecule has 0 aromatic carbocycles. The fourth-order valence-corrected chi connectivity index (χ4v) is 1.54. The van der Waals surface area contributed by atoms with Gasteiger partial charge in [-0.15, -0.1) is 0 Å². The lowest BCUT2D eigenvalue weighted by molar-refractivity contribution is 0.145. The van der Waals surface area contributed by atoms with Crippen LogP contribution in [0.3, 0.4) is 0 Å². The van der Waals surface area contributed by atoms with Crippen LogP contribution >= 0.6 is 15.9 Å². The molecule has 0 N–H and O–H groups in total. The van der Waals surface area contributed by atoms with Gasteiger partial charge in [0.1, 0.15) is 5.69 Å². The molecule has 1 aromatic heterocycles. The van der Waals surface area contributed by atoms with Crippen LogP contribution < -0.4 is 4.74 Å². The first kappa shape index (κ1) is 11.9. The minimum absolute atomic E-state index is 0.0270. The van der Waals surface area contributed by atoms with Crippen molar-refractivity contribution in [2.24, 2.45) is 0 Å². The molecule has 80 valence electrons. The summed E-state index contributed by atoms with van der Waals surface area (Å²) in [5.41, 5.74) is 0.0555. The van der Waals surface area contributed by atoms with Crippen LogP contribution in [-0.4, -0.2) is 12.1 Å². The molecule has 0 unspecified atom stereocenters. The molecular weight excluding hydrogens is 270 g/mol. The summed E-state index contributed by atoms with van der Waals surface area (Å²) in [6, 6.07) is 3.08. The lowest BCUT2D eigenvalue weighted by Crippen LogP contribution is -1.99. The first-order valence-corrected chi connectivity index (χ1v) is 4.77. The lowest BCUT2D eigenvalue weighted by atomic mass is 10.2. The molecule has 0 saturated heterocycles. The van der Waals surface area contributed by atoms with E-state index in [4.69, 9.17) is 10.00 Å². The van der Waals surface area contributed by atoms with Gasteiger partial charge in [0, 0.05) is 0 Å². The second kappa shape index (κ2) is 5.03. The van der Waals surface area contributed by atoms with Crippen molar-refractivity contribution in [1.29, 1.82) is 5.26 Å². The number of ether oxygens (including phenoxy) is 1. The van der Waals surface area contributed by atoms with Crippen LogP contribution in [0.25, 0.3) is 0 Å². The van der Waals surface area contributed by atoms with Gasteiger partial charge < -0.3 is 4.74 Å². The predicted molar refractivity (Wildman–Crippen MR) is 52.8 cm³/mol. The van der Waals surface area contributed by atoms with Crippen LogP contribution in [0.5, 0.6) is 5.88 Å². The summed E-state index contributed by atoms with van der Waals surface area (Å²) in [6.45, 7) is 0. The van der Waals surface area contributed by atoms with E-state index in [1.165, 1.54) is 13.2 Å². The number of aromatic nitrogens is 1. The first-order chi connectivity index (χ1) is 7.10. The highest BCUT2D eigenvalue weighted by atomic mass is 79.9. The van der Waals surface area contributed by atoms with Crippen molar-refractivity contribution in [3.63, 3.8) is 0 Å². The van der Waals surface area contributed by atoms with Crippen LogP contribution in [-0.2, 0) is 6.42 Å². The number of methoxy groups -OCH3 is 1. The van der Waals surface area contributed by atoms with Gasteiger partial charge in [0.2, 0.25) is 5.88 Å². The Morgan fingerprint density at radius 1 is 1.67 bits per heavy atom. The van der Waals surface area contributed by atoms with Crippen molar-refractivity contribution in [3.05, 3.63) is 21.8 Å². The maximum Gasteiger partial charge on any atom is 0.280 e. The zero-order chi connectivity index (χ0) is 11.4. The minimum atomic E-state index is -2.68. The van der Waals surface area contributed by atoms with E-state index in [0.29, 0.717) is 10.0 Å². The van der Waals surface area contributed by atoms with Crippen molar-refractivity contribution in [3.8, 4) is 11.9 Å². The summed E-state index contributed by atoms with van der Waals surface area (Å²) in [5.74, 6) is 0.0676. The van der Waals surface area contributed by atoms with Crippen molar-refractivity contribution >= 4 is 15.9 Å². The molecule has 0 amide bonds. The second-order valence-electron chi connectivity index (χ2n) is 2.67. The number of hydrogen-bond donors (Lipinski definition) is 0. The molecule has 0 aliphatic carbocycles. The monoisotopic (exact) mass is 276 g/mol. The Hall–Kier alpha value is -1.22. The van der Waals surface area contributed by atoms with Crippen LogP contribution in [0.15, 0.2) is 10.5 Å². The van der Waals surface area contributed by atoms with Gasteiger partial charge >= 0.3 is 0 Å². The van der Waals surface area contributed by atoms with Crippen LogP contribution in [0.4, 0.5) is 8.78 Å². The van der Waals surface area contributed by atoms with E-state index >= 15 is 0 Å². The van der Waals surface area contributed by atoms with Gasteiger partial charge in [0.15, 0.2) is 0 Å². The van der Waals surface area contributed by atoms with Gasteiger partial charge in [-0.1, -0.05) is 0 Å². The first-order valence-electron chi connectivity index (χ1n) is 3.98. The molecule has 0 aliphatic rings. The van der Waals surface area contributed by atoms with Crippen molar-refractivity contribution < 1.29 is 13.5 Å². The van der Waals surface area contributed by atoms with Gasteiger partial charge in [0.25, 0.3) is 6.43 Å². The molecule has 1 aromatic rings. The average molecular weight is 277 g/mol. The van der Waals surface area contributed by atoms with Gasteiger partial charge in [-0.05, 0) is 27.6 Å². The molecule has 15 heavy (non-hydrogen) atoms. The van der Waals surface area contributed by atoms with Crippen molar-refractivity contribution in [2.75, 3.05) is 7.11 Å². The third-order valence-corrected chi connectivity index (χ3v) is 2.56. The quantitative estimate of drug-likeness (QED) is 0.853. The highest BCUT2D eigenvalue weighted by molar-refractivity contribution is 9.10. The Kier molecular flexibility index (Phi) is 3.97. The van der Waals surface area contributed by atoms with Gasteiger partial charge in [-0.2, -0.15) is 5.26 Å². The second-order valence-corrected chi connectivity index (χ2v) is 3.46. The number of pyridine rings is 1. The predicted octanol–water partition coefficient (Wildman–Crippen LogP) is 2.86. The molecule has 0 radical (unpaired) electrons. The van der Waals surface area contributed by atoms with Crippen LogP contribution in [0, 0.1) is 11.3 Å². The third-order valence-electron chi connectivity index (χ3n) is 1.71. The SMILES string of the molecule is COc1nc(C(F)F)cc(CC#N)c1Br. The van der Waals surface area contributed by atoms with Crippen molar-refractivity contribution in [1.82, 2.24) is 4.98 Å². The normalized spacial score (nSPS) is 10.1. The van der Waals surface area contributed by atoms with Crippen LogP contribution in [0.2, 0.25) is 0 Å². The molecule has 0 spiro atoms. The number of hydrogen-bond acceptors (Lipinski definition) is 3. The fraction of sp³-hybridized carbons (Fsp3) is 0.333. The third kappa shape index (κ3) is 2.63. The van der Waals surface area contributed by atoms with Gasteiger partial charge in [0.05, 0.1) is 24.1 Å². The van der Waals surface area contributed by atoms with E-state index in [1.54, 1.807) is 0 Å². The Morgan fingerprint density at radius 2 is 2.33 bits per heavy atom. The minimum Gasteiger partial charge on any atom is -0.480 e. The number of rotatable bonds is 3. The molecule has 0 fully saturated rings. The summed E-state index contributed by atoms with van der Waals surface area (Å²) in [5, 5.41) is 8.52. The molecule has 1 heterocycles. The Balaban J connectivity index is 3.26. The summed E-state index contributed by atoms with van der Waals surface area (Å²) < 4.78 is 30.1. The molecule has 0 saturated carbocycles. The Morgan fingerprint density at radius 3 is 2.80 bits per heavy atom. The van der Waals surface area contributed by atoms with Gasteiger partial charge in [-0.3, -0.25) is 0 Å². The molecule has 1 rings (SSSR count). The van der Waals surface area contributed by atoms with E-state index in [0.717, 1.165) is 0 Å². The average Bonchev–Trinajstić information content (AvgIpc) is 2.21. The highest BCUT2D eigenvalue weighted by Gasteiger charge is 2.16. The largest absolute Gasteiger partial charge is 0.480 e. The van der Waals surface area contributed by atoms with E-state index in [2.05, 4.69) is 20.9 Å². The van der Waals surface area contributed by atoms with E-state index < -0.39 is 6.43 Å². The van der Waals surface area contributed by atoms with Gasteiger partial charge in [-0.25, -0.2) is 13.8 Å². The Bertz CT molecular complexity index is 404. The lowest BCUT2D eigenvalue weighted by Gasteiger charge is -2.08. The maximum atomic E-state index is 12.4. The molecule has 3 nitrogen and oxygen atoms in total. The number of nitrogens with zero attached hydrogens (tertiary/aromatic N) is 2.